The monoisotopic (exact) mass is 794 g/mol. The number of amidine groups is 2. The number of benzene rings is 8. The van der Waals surface area contributed by atoms with Gasteiger partial charge >= 0.3 is 0 Å². The van der Waals surface area contributed by atoms with Gasteiger partial charge < -0.3 is 10.1 Å². The molecule has 0 fully saturated rings. The van der Waals surface area contributed by atoms with Crippen LogP contribution in [0, 0.1) is 17.2 Å². The summed E-state index contributed by atoms with van der Waals surface area (Å²) >= 11 is 0. The number of nitrogens with one attached hydrogen (secondary N) is 1. The molecule has 292 valence electrons. The van der Waals surface area contributed by atoms with E-state index in [-0.39, 0.29) is 12.1 Å². The Labute approximate surface area is 360 Å². The van der Waals surface area contributed by atoms with Crippen LogP contribution in [0.2, 0.25) is 0 Å². The second-order valence-electron chi connectivity index (χ2n) is 16.3. The molecule has 8 aromatic rings. The molecule has 0 saturated heterocycles. The van der Waals surface area contributed by atoms with Crippen LogP contribution in [0.25, 0.3) is 44.2 Å². The van der Waals surface area contributed by atoms with Crippen molar-refractivity contribution >= 4 is 22.4 Å². The van der Waals surface area contributed by atoms with Crippen molar-refractivity contribution in [2.24, 2.45) is 15.9 Å². The molecule has 2 aliphatic heterocycles. The first kappa shape index (κ1) is 35.8. The van der Waals surface area contributed by atoms with E-state index >= 15 is 0 Å². The van der Waals surface area contributed by atoms with E-state index in [1.807, 2.05) is 30.3 Å². The fraction of sp³-hybridized carbons (Fsp3) is 0.0702. The summed E-state index contributed by atoms with van der Waals surface area (Å²) in [7, 11) is 0. The predicted octanol–water partition coefficient (Wildman–Crippen LogP) is 13.1. The summed E-state index contributed by atoms with van der Waals surface area (Å²) in [6.45, 7) is 0. The van der Waals surface area contributed by atoms with E-state index in [1.165, 1.54) is 16.7 Å². The maximum Gasteiger partial charge on any atom is 0.147 e. The summed E-state index contributed by atoms with van der Waals surface area (Å²) in [6.07, 6.45) is 9.13. The Hall–Kier alpha value is -8.07. The third-order valence-electron chi connectivity index (χ3n) is 12.9. The minimum Gasteiger partial charge on any atom is -0.457 e. The van der Waals surface area contributed by atoms with E-state index < -0.39 is 5.41 Å². The molecule has 2 heterocycles. The smallest absolute Gasteiger partial charge is 0.147 e. The molecule has 0 aromatic heterocycles. The molecule has 12 rings (SSSR count). The quantitative estimate of drug-likeness (QED) is 0.189. The molecule has 0 amide bonds. The number of para-hydroxylation sites is 1. The van der Waals surface area contributed by atoms with Crippen LogP contribution < -0.4 is 10.1 Å². The molecule has 0 radical (unpaired) electrons. The molecule has 1 N–H and O–H groups in total. The molecule has 5 heteroatoms. The molecule has 8 aromatic carbocycles. The van der Waals surface area contributed by atoms with Crippen LogP contribution in [0.15, 0.2) is 210 Å². The van der Waals surface area contributed by atoms with Crippen LogP contribution in [-0.2, 0) is 5.41 Å². The van der Waals surface area contributed by atoms with Gasteiger partial charge in [0, 0.05) is 28.0 Å². The Bertz CT molecular complexity index is 3310. The van der Waals surface area contributed by atoms with Gasteiger partial charge in [0.2, 0.25) is 0 Å². The average molecular weight is 795 g/mol. The van der Waals surface area contributed by atoms with Crippen molar-refractivity contribution in [3.8, 4) is 50.9 Å². The zero-order valence-electron chi connectivity index (χ0n) is 33.7. The van der Waals surface area contributed by atoms with Gasteiger partial charge in [0.05, 0.1) is 17.0 Å². The number of rotatable bonds is 5. The molecule has 62 heavy (non-hydrogen) atoms. The number of fused-ring (bicyclic) bond motifs is 11. The van der Waals surface area contributed by atoms with Gasteiger partial charge in [0.25, 0.3) is 0 Å². The van der Waals surface area contributed by atoms with Gasteiger partial charge in [0.15, 0.2) is 0 Å². The highest BCUT2D eigenvalue weighted by Crippen LogP contribution is 2.63. The summed E-state index contributed by atoms with van der Waals surface area (Å²) in [6, 6.07) is 64.4. The topological polar surface area (TPSA) is 69.8 Å². The van der Waals surface area contributed by atoms with Crippen LogP contribution in [0.4, 0.5) is 0 Å². The maximum absolute atomic E-state index is 10.5. The van der Waals surface area contributed by atoms with E-state index in [4.69, 9.17) is 14.7 Å². The summed E-state index contributed by atoms with van der Waals surface area (Å²) in [4.78, 5) is 10.2. The Morgan fingerprint density at radius 3 is 2.10 bits per heavy atom. The molecule has 0 saturated carbocycles. The summed E-state index contributed by atoms with van der Waals surface area (Å²) < 4.78 is 6.89. The van der Waals surface area contributed by atoms with Gasteiger partial charge in [-0.05, 0) is 92.2 Å². The lowest BCUT2D eigenvalue weighted by Crippen LogP contribution is -2.35. The molecule has 3 atom stereocenters. The molecule has 3 unspecified atom stereocenters. The van der Waals surface area contributed by atoms with Gasteiger partial charge in [-0.2, -0.15) is 5.26 Å². The SMILES string of the molecule is N#Cc1cc2c(c3ccccc13)-c1ccccc1C21c2ccccc2Oc2cc(-c3cccc(-c4cccc(C5N=C(C6C=CC=CC6)N=C(c6ccccc6)N5)c4)c3)ccc21. The summed E-state index contributed by atoms with van der Waals surface area (Å²) in [5.74, 6) is 3.41. The highest BCUT2D eigenvalue weighted by molar-refractivity contribution is 6.09. The summed E-state index contributed by atoms with van der Waals surface area (Å²) in [5, 5.41) is 16.2. The number of aliphatic imine (C=N–C) groups is 2. The number of hydrogen-bond donors (Lipinski definition) is 1. The molecule has 0 bridgehead atoms. The Kier molecular flexibility index (Phi) is 8.26. The van der Waals surface area contributed by atoms with Crippen molar-refractivity contribution in [2.75, 3.05) is 0 Å². The standard InChI is InChI=1S/C57H38N4O/c58-35-43-33-50-53(45-24-8-7-23-44(43)45)46-25-9-10-26-47(46)57(50)48-27-11-12-28-51(48)62-52-34-41(29-30-49(52)57)39-20-13-19-38(31-39)40-21-14-22-42(32-40)56-60-54(36-15-3-1-4-16-36)59-55(61-56)37-17-5-2-6-18-37/h1-17,19-34,37,56H,18H2,(H,59,60,61). The first-order valence-electron chi connectivity index (χ1n) is 21.2. The van der Waals surface area contributed by atoms with Crippen molar-refractivity contribution < 1.29 is 4.74 Å². The highest BCUT2D eigenvalue weighted by atomic mass is 16.5. The van der Waals surface area contributed by atoms with Crippen LogP contribution in [-0.4, -0.2) is 11.7 Å². The minimum absolute atomic E-state index is 0.125. The molecular weight excluding hydrogens is 757 g/mol. The van der Waals surface area contributed by atoms with E-state index in [2.05, 4.69) is 181 Å². The first-order chi connectivity index (χ1) is 30.7. The molecule has 2 aliphatic carbocycles. The molecule has 5 nitrogen and oxygen atoms in total. The van der Waals surface area contributed by atoms with Crippen molar-refractivity contribution in [1.29, 1.82) is 5.26 Å². The number of hydrogen-bond acceptors (Lipinski definition) is 5. The zero-order chi connectivity index (χ0) is 41.2. The number of nitriles is 1. The lowest BCUT2D eigenvalue weighted by Gasteiger charge is -2.39. The van der Waals surface area contributed by atoms with Gasteiger partial charge in [-0.1, -0.05) is 170 Å². The Balaban J connectivity index is 0.949. The zero-order valence-corrected chi connectivity index (χ0v) is 33.7. The fourth-order valence-corrected chi connectivity index (χ4v) is 10.1. The lowest BCUT2D eigenvalue weighted by molar-refractivity contribution is 0.436. The largest absolute Gasteiger partial charge is 0.457 e. The second-order valence-corrected chi connectivity index (χ2v) is 16.3. The van der Waals surface area contributed by atoms with Gasteiger partial charge in [-0.15, -0.1) is 0 Å². The van der Waals surface area contributed by atoms with Gasteiger partial charge in [0.1, 0.15) is 29.3 Å². The maximum atomic E-state index is 10.5. The van der Waals surface area contributed by atoms with Crippen LogP contribution in [0.5, 0.6) is 11.5 Å². The summed E-state index contributed by atoms with van der Waals surface area (Å²) in [5.41, 5.74) is 13.2. The van der Waals surface area contributed by atoms with E-state index in [0.29, 0.717) is 5.56 Å². The molecular formula is C57H38N4O. The van der Waals surface area contributed by atoms with Crippen molar-refractivity contribution in [2.45, 2.75) is 18.0 Å². The van der Waals surface area contributed by atoms with Crippen LogP contribution in [0.1, 0.15) is 51.5 Å². The Morgan fingerprint density at radius 2 is 1.27 bits per heavy atom. The van der Waals surface area contributed by atoms with Gasteiger partial charge in [-0.3, -0.25) is 0 Å². The molecule has 4 aliphatic rings. The average Bonchev–Trinajstić information content (AvgIpc) is 3.64. The van der Waals surface area contributed by atoms with E-state index in [1.54, 1.807) is 0 Å². The van der Waals surface area contributed by atoms with Gasteiger partial charge in [-0.25, -0.2) is 9.98 Å². The van der Waals surface area contributed by atoms with E-state index in [0.717, 1.165) is 90.4 Å². The number of ether oxygens (including phenoxy) is 1. The van der Waals surface area contributed by atoms with Crippen LogP contribution in [0.3, 0.4) is 0 Å². The first-order valence-corrected chi connectivity index (χ1v) is 21.2. The number of allylic oxidation sites excluding steroid dienone is 3. The minimum atomic E-state index is -0.683. The Morgan fingerprint density at radius 1 is 0.581 bits per heavy atom. The fourth-order valence-electron chi connectivity index (χ4n) is 10.1. The van der Waals surface area contributed by atoms with Crippen LogP contribution >= 0.6 is 0 Å². The second kappa shape index (κ2) is 14.3. The van der Waals surface area contributed by atoms with Crippen molar-refractivity contribution in [1.82, 2.24) is 5.32 Å². The van der Waals surface area contributed by atoms with Crippen molar-refractivity contribution in [3.63, 3.8) is 0 Å². The highest BCUT2D eigenvalue weighted by Gasteiger charge is 2.51. The lowest BCUT2D eigenvalue weighted by atomic mass is 9.65. The normalized spacial score (nSPS) is 19.0. The third kappa shape index (κ3) is 5.54. The van der Waals surface area contributed by atoms with E-state index in [9.17, 15) is 5.26 Å². The van der Waals surface area contributed by atoms with Crippen molar-refractivity contribution in [3.05, 3.63) is 239 Å². The number of nitrogens with zero attached hydrogens (tertiary/aromatic N) is 3. The predicted molar refractivity (Wildman–Crippen MR) is 250 cm³/mol. The third-order valence-corrected chi connectivity index (χ3v) is 12.9. The molecule has 1 spiro atoms.